The van der Waals surface area contributed by atoms with Gasteiger partial charge in [-0.3, -0.25) is 10.6 Å². The molecular weight excluding hydrogens is 104 g/mol. The predicted molar refractivity (Wildman–Crippen MR) is 30.6 cm³/mol. The summed E-state index contributed by atoms with van der Waals surface area (Å²) >= 11 is 0. The Labute approximate surface area is 49.4 Å². The van der Waals surface area contributed by atoms with Crippen LogP contribution in [0.1, 0.15) is 19.8 Å². The number of carbonyl (C=O) groups is 1. The molecule has 0 aliphatic carbocycles. The van der Waals surface area contributed by atoms with Crippen molar-refractivity contribution in [1.82, 2.24) is 5.01 Å². The van der Waals surface area contributed by atoms with Gasteiger partial charge in [0, 0.05) is 6.42 Å². The Morgan fingerprint density at radius 2 is 2.25 bits per heavy atom. The Balaban J connectivity index is 3.33. The first-order valence-corrected chi connectivity index (χ1v) is 2.75. The zero-order valence-electron chi connectivity index (χ0n) is 5.48. The van der Waals surface area contributed by atoms with Gasteiger partial charge in [0.2, 0.25) is 0 Å². The lowest BCUT2D eigenvalue weighted by molar-refractivity contribution is -0.542. The summed E-state index contributed by atoms with van der Waals surface area (Å²) < 4.78 is 0. The summed E-state index contributed by atoms with van der Waals surface area (Å²) in [4.78, 5) is 10.6. The van der Waals surface area contributed by atoms with Gasteiger partial charge in [-0.2, -0.15) is 5.01 Å². The molecule has 0 bridgehead atoms. The molecule has 0 fully saturated rings. The highest BCUT2D eigenvalue weighted by atomic mass is 16.2. The molecule has 0 rings (SSSR count). The molecule has 3 nitrogen and oxygen atoms in total. The van der Waals surface area contributed by atoms with Gasteiger partial charge in [-0.1, -0.05) is 6.92 Å². The summed E-state index contributed by atoms with van der Waals surface area (Å²) in [5.74, 6) is 3.54. The Hall–Kier alpha value is -0.570. The maximum absolute atomic E-state index is 10.6. The van der Waals surface area contributed by atoms with E-state index in [1.807, 2.05) is 6.92 Å². The number of amides is 1. The minimum atomic E-state index is 0.104. The van der Waals surface area contributed by atoms with Crippen molar-refractivity contribution < 1.29 is 10.6 Å². The van der Waals surface area contributed by atoms with Crippen molar-refractivity contribution in [3.8, 4) is 0 Å². The van der Waals surface area contributed by atoms with Crippen LogP contribution in [0, 0.1) is 0 Å². The van der Waals surface area contributed by atoms with E-state index in [1.165, 1.54) is 5.01 Å². The van der Waals surface area contributed by atoms with E-state index in [1.54, 1.807) is 7.05 Å². The van der Waals surface area contributed by atoms with Crippen LogP contribution in [-0.4, -0.2) is 18.0 Å². The zero-order chi connectivity index (χ0) is 6.57. The molecule has 3 N–H and O–H groups in total. The lowest BCUT2D eigenvalue weighted by atomic mass is 10.3. The van der Waals surface area contributed by atoms with Gasteiger partial charge in [0.25, 0.3) is 5.91 Å². The summed E-state index contributed by atoms with van der Waals surface area (Å²) in [6, 6.07) is 0. The molecule has 0 aliphatic rings. The topological polar surface area (TPSA) is 48.0 Å². The quantitative estimate of drug-likeness (QED) is 0.482. The first-order chi connectivity index (χ1) is 3.68. The highest BCUT2D eigenvalue weighted by Crippen LogP contribution is 1.87. The lowest BCUT2D eigenvalue weighted by Crippen LogP contribution is -2.67. The molecule has 3 heteroatoms. The van der Waals surface area contributed by atoms with Crippen molar-refractivity contribution in [3.63, 3.8) is 0 Å². The SMILES string of the molecule is CCCC(=O)N(C)[NH3+]. The smallest absolute Gasteiger partial charge is 0.267 e. The van der Waals surface area contributed by atoms with E-state index < -0.39 is 0 Å². The Bertz CT molecular complexity index is 80.5. The van der Waals surface area contributed by atoms with E-state index in [9.17, 15) is 4.79 Å². The highest BCUT2D eigenvalue weighted by Gasteiger charge is 2.02. The van der Waals surface area contributed by atoms with Crippen LogP contribution in [0.4, 0.5) is 0 Å². The fourth-order valence-electron chi connectivity index (χ4n) is 0.405. The van der Waals surface area contributed by atoms with Gasteiger partial charge in [0.05, 0.1) is 7.05 Å². The first kappa shape index (κ1) is 7.43. The molecule has 0 saturated heterocycles. The van der Waals surface area contributed by atoms with E-state index in [4.69, 9.17) is 0 Å². The number of nitrogens with zero attached hydrogens (tertiary/aromatic N) is 1. The zero-order valence-corrected chi connectivity index (χ0v) is 5.48. The van der Waals surface area contributed by atoms with Gasteiger partial charge in [-0.05, 0) is 6.42 Å². The first-order valence-electron chi connectivity index (χ1n) is 2.75. The van der Waals surface area contributed by atoms with E-state index >= 15 is 0 Å². The average Bonchev–Trinajstić information content (AvgIpc) is 1.67. The number of hydrogen-bond acceptors (Lipinski definition) is 1. The third kappa shape index (κ3) is 2.58. The molecule has 0 aromatic carbocycles. The molecule has 0 saturated carbocycles. The van der Waals surface area contributed by atoms with Crippen molar-refractivity contribution in [3.05, 3.63) is 0 Å². The van der Waals surface area contributed by atoms with Crippen LogP contribution < -0.4 is 5.84 Å². The molecule has 0 aromatic rings. The molecular formula is C5H13N2O+. The molecule has 0 atom stereocenters. The number of rotatable bonds is 2. The monoisotopic (exact) mass is 117 g/mol. The van der Waals surface area contributed by atoms with Crippen molar-refractivity contribution >= 4 is 5.91 Å². The van der Waals surface area contributed by atoms with Crippen molar-refractivity contribution in [2.75, 3.05) is 7.05 Å². The van der Waals surface area contributed by atoms with Gasteiger partial charge in [-0.15, -0.1) is 0 Å². The van der Waals surface area contributed by atoms with Crippen LogP contribution in [0.5, 0.6) is 0 Å². The molecule has 1 amide bonds. The van der Waals surface area contributed by atoms with E-state index in [0.717, 1.165) is 6.42 Å². The van der Waals surface area contributed by atoms with Crippen LogP contribution in [0.3, 0.4) is 0 Å². The second-order valence-corrected chi connectivity index (χ2v) is 1.84. The molecule has 0 radical (unpaired) electrons. The molecule has 48 valence electrons. The maximum atomic E-state index is 10.6. The van der Waals surface area contributed by atoms with Crippen LogP contribution in [-0.2, 0) is 4.79 Å². The molecule has 0 aromatic heterocycles. The van der Waals surface area contributed by atoms with Crippen LogP contribution >= 0.6 is 0 Å². The minimum absolute atomic E-state index is 0.104. The van der Waals surface area contributed by atoms with E-state index in [0.29, 0.717) is 6.42 Å². The minimum Gasteiger partial charge on any atom is -0.270 e. The van der Waals surface area contributed by atoms with Crippen LogP contribution in [0.25, 0.3) is 0 Å². The summed E-state index contributed by atoms with van der Waals surface area (Å²) in [7, 11) is 1.66. The number of hydrogen-bond donors (Lipinski definition) is 1. The Morgan fingerprint density at radius 1 is 1.75 bits per heavy atom. The van der Waals surface area contributed by atoms with Crippen molar-refractivity contribution in [2.45, 2.75) is 19.8 Å². The van der Waals surface area contributed by atoms with E-state index in [2.05, 4.69) is 5.84 Å². The predicted octanol–water partition coefficient (Wildman–Crippen LogP) is -0.598. The van der Waals surface area contributed by atoms with Gasteiger partial charge in [0.15, 0.2) is 0 Å². The third-order valence-electron chi connectivity index (χ3n) is 0.890. The summed E-state index contributed by atoms with van der Waals surface area (Å²) in [6.07, 6.45) is 1.51. The number of quaternary nitrogens is 1. The van der Waals surface area contributed by atoms with Gasteiger partial charge < -0.3 is 0 Å². The summed E-state index contributed by atoms with van der Waals surface area (Å²) in [6.45, 7) is 1.97. The molecule has 0 spiro atoms. The highest BCUT2D eigenvalue weighted by molar-refractivity contribution is 5.74. The largest absolute Gasteiger partial charge is 0.270 e. The molecule has 0 aliphatic heterocycles. The summed E-state index contributed by atoms with van der Waals surface area (Å²) in [5.41, 5.74) is 0. The molecule has 8 heavy (non-hydrogen) atoms. The van der Waals surface area contributed by atoms with Gasteiger partial charge >= 0.3 is 0 Å². The van der Waals surface area contributed by atoms with Gasteiger partial charge in [0.1, 0.15) is 0 Å². The van der Waals surface area contributed by atoms with Crippen molar-refractivity contribution in [2.24, 2.45) is 0 Å². The Morgan fingerprint density at radius 3 is 2.38 bits per heavy atom. The maximum Gasteiger partial charge on any atom is 0.267 e. The van der Waals surface area contributed by atoms with Crippen LogP contribution in [0.15, 0.2) is 0 Å². The normalized spacial score (nSPS) is 8.88. The lowest BCUT2D eigenvalue weighted by Gasteiger charge is -2.02. The summed E-state index contributed by atoms with van der Waals surface area (Å²) in [5, 5.41) is 1.36. The standard InChI is InChI=1S/C5H12N2O/c1-3-4-5(8)7(2)6/h3-4,6H2,1-2H3/p+1. The average molecular weight is 117 g/mol. The fourth-order valence-corrected chi connectivity index (χ4v) is 0.405. The third-order valence-corrected chi connectivity index (χ3v) is 0.890. The fraction of sp³-hybridized carbons (Fsp3) is 0.800. The van der Waals surface area contributed by atoms with Crippen molar-refractivity contribution in [1.29, 1.82) is 0 Å². The second kappa shape index (κ2) is 3.43. The van der Waals surface area contributed by atoms with Crippen LogP contribution in [0.2, 0.25) is 0 Å². The molecule has 0 heterocycles. The van der Waals surface area contributed by atoms with E-state index in [-0.39, 0.29) is 5.91 Å². The molecule has 0 unspecified atom stereocenters. The number of carbonyl (C=O) groups excluding carboxylic acids is 1. The Kier molecular flexibility index (Phi) is 3.19. The van der Waals surface area contributed by atoms with Gasteiger partial charge in [-0.25, -0.2) is 0 Å². The second-order valence-electron chi connectivity index (χ2n) is 1.84.